The van der Waals surface area contributed by atoms with Crippen LogP contribution in [0.15, 0.2) is 35.9 Å². The third-order valence-corrected chi connectivity index (χ3v) is 3.58. The second kappa shape index (κ2) is 9.55. The van der Waals surface area contributed by atoms with Crippen molar-refractivity contribution in [1.82, 2.24) is 0 Å². The van der Waals surface area contributed by atoms with Gasteiger partial charge in [0.15, 0.2) is 0 Å². The molecule has 1 aromatic rings. The molecule has 0 heterocycles. The largest absolute Gasteiger partial charge is 0.264 e. The highest BCUT2D eigenvalue weighted by Gasteiger charge is 2.25. The van der Waals surface area contributed by atoms with Crippen molar-refractivity contribution in [2.45, 2.75) is 52.4 Å². The summed E-state index contributed by atoms with van der Waals surface area (Å²) in [4.78, 5) is 0. The third kappa shape index (κ3) is 6.06. The molecule has 0 saturated heterocycles. The number of aryl methyl sites for hydroxylation is 2. The SMILES string of the molecule is C/C(F)=C/CCc1ccc(CC/C=C(/C)F)c(C(F)F)c1C(F)F. The number of hydrogen-bond donors (Lipinski definition) is 0. The molecular formula is C18H20F6. The predicted octanol–water partition coefficient (Wildman–Crippen LogP) is 7.17. The quantitative estimate of drug-likeness (QED) is 0.436. The molecule has 6 heteroatoms. The summed E-state index contributed by atoms with van der Waals surface area (Å²) in [6.07, 6.45) is -3.29. The molecule has 0 N–H and O–H groups in total. The van der Waals surface area contributed by atoms with Crippen LogP contribution in [0.5, 0.6) is 0 Å². The van der Waals surface area contributed by atoms with Crippen LogP contribution >= 0.6 is 0 Å². The van der Waals surface area contributed by atoms with Crippen molar-refractivity contribution in [3.63, 3.8) is 0 Å². The zero-order valence-electron chi connectivity index (χ0n) is 13.6. The first-order valence-electron chi connectivity index (χ1n) is 7.59. The minimum atomic E-state index is -3.06. The summed E-state index contributed by atoms with van der Waals surface area (Å²) in [5.74, 6) is -0.902. The van der Waals surface area contributed by atoms with Gasteiger partial charge in [-0.25, -0.2) is 26.3 Å². The molecule has 24 heavy (non-hydrogen) atoms. The Morgan fingerprint density at radius 2 is 1.12 bits per heavy atom. The molecule has 0 aliphatic rings. The van der Waals surface area contributed by atoms with Crippen LogP contribution in [0, 0.1) is 0 Å². The van der Waals surface area contributed by atoms with Crippen molar-refractivity contribution in [1.29, 1.82) is 0 Å². The summed E-state index contributed by atoms with van der Waals surface area (Å²) in [5.41, 5.74) is -1.21. The van der Waals surface area contributed by atoms with E-state index in [1.165, 1.54) is 38.1 Å². The molecule has 0 spiro atoms. The predicted molar refractivity (Wildman–Crippen MR) is 82.7 cm³/mol. The second-order valence-electron chi connectivity index (χ2n) is 5.47. The van der Waals surface area contributed by atoms with Crippen LogP contribution in [0.1, 0.15) is 61.8 Å². The van der Waals surface area contributed by atoms with E-state index in [4.69, 9.17) is 0 Å². The molecule has 0 aliphatic carbocycles. The first-order chi connectivity index (χ1) is 11.2. The van der Waals surface area contributed by atoms with Crippen LogP contribution in [-0.2, 0) is 12.8 Å². The lowest BCUT2D eigenvalue weighted by molar-refractivity contribution is 0.122. The number of hydrogen-bond acceptors (Lipinski definition) is 0. The van der Waals surface area contributed by atoms with Gasteiger partial charge in [-0.1, -0.05) is 24.3 Å². The van der Waals surface area contributed by atoms with E-state index in [0.717, 1.165) is 0 Å². The number of alkyl halides is 4. The molecule has 0 unspecified atom stereocenters. The monoisotopic (exact) mass is 350 g/mol. The maximum Gasteiger partial charge on any atom is 0.264 e. The normalized spacial score (nSPS) is 13.2. The van der Waals surface area contributed by atoms with Gasteiger partial charge in [0.2, 0.25) is 0 Å². The Balaban J connectivity index is 3.21. The van der Waals surface area contributed by atoms with Gasteiger partial charge in [0.25, 0.3) is 12.9 Å². The Bertz CT molecular complexity index is 541. The fraction of sp³-hybridized carbons (Fsp3) is 0.444. The van der Waals surface area contributed by atoms with Crippen molar-refractivity contribution >= 4 is 0 Å². The summed E-state index contributed by atoms with van der Waals surface area (Å²) >= 11 is 0. The molecule has 1 rings (SSSR count). The topological polar surface area (TPSA) is 0 Å². The molecule has 0 radical (unpaired) electrons. The first-order valence-corrected chi connectivity index (χ1v) is 7.59. The van der Waals surface area contributed by atoms with E-state index in [9.17, 15) is 26.3 Å². The molecule has 0 saturated carbocycles. The summed E-state index contributed by atoms with van der Waals surface area (Å²) < 4.78 is 78.9. The summed E-state index contributed by atoms with van der Waals surface area (Å²) in [6.45, 7) is 2.45. The van der Waals surface area contributed by atoms with Gasteiger partial charge in [0, 0.05) is 11.1 Å². The van der Waals surface area contributed by atoms with Gasteiger partial charge in [0.05, 0.1) is 11.7 Å². The molecule has 1 aromatic carbocycles. The van der Waals surface area contributed by atoms with Gasteiger partial charge in [-0.05, 0) is 50.7 Å². The van der Waals surface area contributed by atoms with E-state index in [1.54, 1.807) is 0 Å². The second-order valence-corrected chi connectivity index (χ2v) is 5.47. The molecule has 0 bridgehead atoms. The molecular weight excluding hydrogens is 330 g/mol. The van der Waals surface area contributed by atoms with Crippen LogP contribution in [0.25, 0.3) is 0 Å². The van der Waals surface area contributed by atoms with Crippen molar-refractivity contribution in [2.75, 3.05) is 0 Å². The third-order valence-electron chi connectivity index (χ3n) is 3.58. The smallest absolute Gasteiger partial charge is 0.212 e. The maximum atomic E-state index is 13.4. The minimum absolute atomic E-state index is 0.0461. The Hall–Kier alpha value is -1.72. The Morgan fingerprint density at radius 1 is 0.792 bits per heavy atom. The summed E-state index contributed by atoms with van der Waals surface area (Å²) in [7, 11) is 0. The van der Waals surface area contributed by atoms with Crippen LogP contribution < -0.4 is 0 Å². The van der Waals surface area contributed by atoms with Gasteiger partial charge in [-0.2, -0.15) is 0 Å². The number of rotatable bonds is 8. The van der Waals surface area contributed by atoms with Gasteiger partial charge < -0.3 is 0 Å². The van der Waals surface area contributed by atoms with Gasteiger partial charge >= 0.3 is 0 Å². The van der Waals surface area contributed by atoms with Crippen LogP contribution in [0.4, 0.5) is 26.3 Å². The van der Waals surface area contributed by atoms with Crippen LogP contribution in [0.2, 0.25) is 0 Å². The van der Waals surface area contributed by atoms with E-state index < -0.39 is 35.6 Å². The Morgan fingerprint density at radius 3 is 1.38 bits per heavy atom. The van der Waals surface area contributed by atoms with E-state index in [1.807, 2.05) is 0 Å². The fourth-order valence-corrected chi connectivity index (χ4v) is 2.53. The van der Waals surface area contributed by atoms with Gasteiger partial charge in [0.1, 0.15) is 0 Å². The zero-order valence-corrected chi connectivity index (χ0v) is 13.6. The van der Waals surface area contributed by atoms with Crippen molar-refractivity contribution in [2.24, 2.45) is 0 Å². The molecule has 0 aliphatic heterocycles. The first kappa shape index (κ1) is 20.3. The summed E-state index contributed by atoms with van der Waals surface area (Å²) in [6, 6.07) is 2.74. The van der Waals surface area contributed by atoms with Crippen LogP contribution in [-0.4, -0.2) is 0 Å². The van der Waals surface area contributed by atoms with Crippen molar-refractivity contribution in [3.8, 4) is 0 Å². The summed E-state index contributed by atoms with van der Waals surface area (Å²) in [5, 5.41) is 0. The highest BCUT2D eigenvalue weighted by atomic mass is 19.3. The van der Waals surface area contributed by atoms with Gasteiger partial charge in [-0.3, -0.25) is 0 Å². The highest BCUT2D eigenvalue weighted by Crippen LogP contribution is 2.36. The van der Waals surface area contributed by atoms with E-state index in [2.05, 4.69) is 0 Å². The standard InChI is InChI=1S/C18H20F6/c1-11(19)5-3-7-13-9-10-14(8-4-6-12(2)20)16(18(23)24)15(13)17(21)22/h5-6,9-10,17-18H,3-4,7-8H2,1-2H3/b11-5-,12-6-. The zero-order chi connectivity index (χ0) is 18.3. The average molecular weight is 350 g/mol. The van der Waals surface area contributed by atoms with E-state index >= 15 is 0 Å². The molecule has 0 aromatic heterocycles. The lowest BCUT2D eigenvalue weighted by Gasteiger charge is -2.18. The average Bonchev–Trinajstić information content (AvgIpc) is 2.46. The van der Waals surface area contributed by atoms with E-state index in [0.29, 0.717) is 0 Å². The highest BCUT2D eigenvalue weighted by molar-refractivity contribution is 5.43. The Kier molecular flexibility index (Phi) is 8.08. The molecule has 0 fully saturated rings. The fourth-order valence-electron chi connectivity index (χ4n) is 2.53. The van der Waals surface area contributed by atoms with Crippen molar-refractivity contribution < 1.29 is 26.3 Å². The van der Waals surface area contributed by atoms with Crippen LogP contribution in [0.3, 0.4) is 0 Å². The molecule has 0 amide bonds. The molecule has 0 atom stereocenters. The lowest BCUT2D eigenvalue weighted by Crippen LogP contribution is -2.06. The van der Waals surface area contributed by atoms with Crippen molar-refractivity contribution in [3.05, 3.63) is 58.2 Å². The lowest BCUT2D eigenvalue weighted by atomic mass is 9.91. The maximum absolute atomic E-state index is 13.4. The molecule has 134 valence electrons. The Labute approximate surface area is 137 Å². The van der Waals surface area contributed by atoms with Gasteiger partial charge in [-0.15, -0.1) is 0 Å². The number of allylic oxidation sites excluding steroid dienone is 4. The number of halogens is 6. The van der Waals surface area contributed by atoms with E-state index in [-0.39, 0.29) is 36.8 Å². The molecule has 0 nitrogen and oxygen atoms in total. The number of benzene rings is 1. The minimum Gasteiger partial charge on any atom is -0.212 e.